The third kappa shape index (κ3) is 3.17. The monoisotopic (exact) mass is 296 g/mol. The van der Waals surface area contributed by atoms with E-state index < -0.39 is 0 Å². The van der Waals surface area contributed by atoms with E-state index in [1.54, 1.807) is 0 Å². The molecule has 0 spiro atoms. The number of nitrogens with zero attached hydrogens (tertiary/aromatic N) is 1. The summed E-state index contributed by atoms with van der Waals surface area (Å²) in [7, 11) is 0. The first-order chi connectivity index (χ1) is 10.3. The molecule has 0 unspecified atom stereocenters. The lowest BCUT2D eigenvalue weighted by Crippen LogP contribution is -1.97. The van der Waals surface area contributed by atoms with Gasteiger partial charge in [-0.25, -0.2) is 4.98 Å². The van der Waals surface area contributed by atoms with Crippen LogP contribution in [0.5, 0.6) is 0 Å². The second-order valence-electron chi connectivity index (χ2n) is 5.11. The van der Waals surface area contributed by atoms with E-state index in [1.165, 1.54) is 5.56 Å². The minimum atomic E-state index is 0.651. The lowest BCUT2D eigenvalue weighted by molar-refractivity contribution is 1.15. The van der Waals surface area contributed by atoms with E-state index in [2.05, 4.69) is 48.6 Å². The van der Waals surface area contributed by atoms with Gasteiger partial charge in [-0.3, -0.25) is 0 Å². The number of para-hydroxylation sites is 1. The average Bonchev–Trinajstić information content (AvgIpc) is 2.50. The maximum atomic E-state index is 5.76. The van der Waals surface area contributed by atoms with Gasteiger partial charge in [-0.15, -0.1) is 11.6 Å². The van der Waals surface area contributed by atoms with Crippen LogP contribution in [-0.4, -0.2) is 10.9 Å². The average molecular weight is 297 g/mol. The van der Waals surface area contributed by atoms with Crippen molar-refractivity contribution in [1.29, 1.82) is 0 Å². The highest BCUT2D eigenvalue weighted by molar-refractivity contribution is 6.17. The number of benzene rings is 2. The van der Waals surface area contributed by atoms with Crippen LogP contribution in [0.1, 0.15) is 11.1 Å². The number of aryl methyl sites for hydroxylation is 2. The highest BCUT2D eigenvalue weighted by atomic mass is 35.5. The molecule has 0 saturated carbocycles. The summed E-state index contributed by atoms with van der Waals surface area (Å²) in [6.07, 6.45) is 0.898. The number of anilines is 2. The zero-order chi connectivity index (χ0) is 14.7. The van der Waals surface area contributed by atoms with Crippen LogP contribution < -0.4 is 5.32 Å². The number of fused-ring (bicyclic) bond motifs is 1. The number of aromatic nitrogens is 1. The molecule has 1 heterocycles. The van der Waals surface area contributed by atoms with Gasteiger partial charge in [0.05, 0.1) is 5.52 Å². The molecule has 2 nitrogen and oxygen atoms in total. The Morgan fingerprint density at radius 2 is 1.81 bits per heavy atom. The molecule has 0 aliphatic carbocycles. The molecule has 0 bridgehead atoms. The zero-order valence-corrected chi connectivity index (χ0v) is 12.7. The lowest BCUT2D eigenvalue weighted by atomic mass is 10.1. The molecule has 1 aromatic heterocycles. The van der Waals surface area contributed by atoms with E-state index in [0.29, 0.717) is 5.88 Å². The van der Waals surface area contributed by atoms with Crippen molar-refractivity contribution in [3.05, 3.63) is 65.7 Å². The summed E-state index contributed by atoms with van der Waals surface area (Å²) in [5, 5.41) is 4.55. The molecule has 0 radical (unpaired) electrons. The molecule has 0 atom stereocenters. The van der Waals surface area contributed by atoms with Crippen LogP contribution in [0.25, 0.3) is 10.9 Å². The fourth-order valence-corrected chi connectivity index (χ4v) is 2.57. The smallest absolute Gasteiger partial charge is 0.134 e. The van der Waals surface area contributed by atoms with Crippen LogP contribution in [0.2, 0.25) is 0 Å². The second-order valence-corrected chi connectivity index (χ2v) is 5.49. The highest BCUT2D eigenvalue weighted by Crippen LogP contribution is 2.23. The van der Waals surface area contributed by atoms with E-state index in [0.717, 1.165) is 34.4 Å². The van der Waals surface area contributed by atoms with E-state index >= 15 is 0 Å². The Bertz CT molecular complexity index is 751. The summed E-state index contributed by atoms with van der Waals surface area (Å²) in [5.41, 5.74) is 4.43. The van der Waals surface area contributed by atoms with Crippen molar-refractivity contribution in [2.24, 2.45) is 0 Å². The number of rotatable bonds is 4. The van der Waals surface area contributed by atoms with Crippen molar-refractivity contribution in [2.45, 2.75) is 13.3 Å². The van der Waals surface area contributed by atoms with Gasteiger partial charge >= 0.3 is 0 Å². The topological polar surface area (TPSA) is 24.9 Å². The minimum absolute atomic E-state index is 0.651. The van der Waals surface area contributed by atoms with Gasteiger partial charge in [-0.05, 0) is 48.7 Å². The Kier molecular flexibility index (Phi) is 4.07. The Hall–Kier alpha value is -2.06. The molecular formula is C18H17ClN2. The summed E-state index contributed by atoms with van der Waals surface area (Å²) in [6, 6.07) is 18.6. The fourth-order valence-electron chi connectivity index (χ4n) is 2.35. The standard InChI is InChI=1S/C18H17ClN2/c1-13-12-15-4-2-3-5-17(15)21-18(13)20-16-8-6-14(7-9-16)10-11-19/h2-9,12H,10-11H2,1H3,(H,20,21). The van der Waals surface area contributed by atoms with Crippen LogP contribution in [-0.2, 0) is 6.42 Å². The number of nitrogens with one attached hydrogen (secondary N) is 1. The maximum absolute atomic E-state index is 5.76. The normalized spacial score (nSPS) is 10.8. The Morgan fingerprint density at radius 3 is 2.57 bits per heavy atom. The molecule has 3 rings (SSSR count). The van der Waals surface area contributed by atoms with E-state index in [-0.39, 0.29) is 0 Å². The van der Waals surface area contributed by atoms with E-state index in [1.807, 2.05) is 18.2 Å². The van der Waals surface area contributed by atoms with Gasteiger partial charge in [0.2, 0.25) is 0 Å². The molecular weight excluding hydrogens is 280 g/mol. The van der Waals surface area contributed by atoms with Crippen molar-refractivity contribution >= 4 is 34.0 Å². The van der Waals surface area contributed by atoms with Crippen LogP contribution in [0.4, 0.5) is 11.5 Å². The predicted octanol–water partition coefficient (Wildman–Crippen LogP) is 5.07. The van der Waals surface area contributed by atoms with Crippen molar-refractivity contribution in [3.8, 4) is 0 Å². The first-order valence-corrected chi connectivity index (χ1v) is 7.58. The number of hydrogen-bond donors (Lipinski definition) is 1. The first-order valence-electron chi connectivity index (χ1n) is 7.04. The molecule has 2 aromatic carbocycles. The van der Waals surface area contributed by atoms with Crippen molar-refractivity contribution in [3.63, 3.8) is 0 Å². The maximum Gasteiger partial charge on any atom is 0.134 e. The first kappa shape index (κ1) is 13.9. The van der Waals surface area contributed by atoms with Crippen molar-refractivity contribution in [1.82, 2.24) is 4.98 Å². The Balaban J connectivity index is 1.88. The van der Waals surface area contributed by atoms with Crippen LogP contribution in [0.15, 0.2) is 54.6 Å². The van der Waals surface area contributed by atoms with Gasteiger partial charge in [-0.2, -0.15) is 0 Å². The van der Waals surface area contributed by atoms with Crippen molar-refractivity contribution in [2.75, 3.05) is 11.2 Å². The third-order valence-electron chi connectivity index (χ3n) is 3.51. The molecule has 0 amide bonds. The van der Waals surface area contributed by atoms with Crippen LogP contribution >= 0.6 is 11.6 Å². The number of alkyl halides is 1. The quantitative estimate of drug-likeness (QED) is 0.680. The Labute approximate surface area is 129 Å². The van der Waals surface area contributed by atoms with Gasteiger partial charge in [-0.1, -0.05) is 30.3 Å². The SMILES string of the molecule is Cc1cc2ccccc2nc1Nc1ccc(CCCl)cc1. The van der Waals surface area contributed by atoms with E-state index in [9.17, 15) is 0 Å². The number of hydrogen-bond acceptors (Lipinski definition) is 2. The highest BCUT2D eigenvalue weighted by Gasteiger charge is 2.04. The molecule has 106 valence electrons. The minimum Gasteiger partial charge on any atom is -0.340 e. The second kappa shape index (κ2) is 6.15. The summed E-state index contributed by atoms with van der Waals surface area (Å²) in [6.45, 7) is 2.07. The summed E-state index contributed by atoms with van der Waals surface area (Å²) in [5.74, 6) is 1.55. The summed E-state index contributed by atoms with van der Waals surface area (Å²) in [4.78, 5) is 4.70. The van der Waals surface area contributed by atoms with Crippen LogP contribution in [0.3, 0.4) is 0 Å². The largest absolute Gasteiger partial charge is 0.340 e. The summed E-state index contributed by atoms with van der Waals surface area (Å²) < 4.78 is 0. The lowest BCUT2D eigenvalue weighted by Gasteiger charge is -2.10. The molecule has 0 fully saturated rings. The molecule has 21 heavy (non-hydrogen) atoms. The van der Waals surface area contributed by atoms with Gasteiger partial charge in [0.1, 0.15) is 5.82 Å². The van der Waals surface area contributed by atoms with E-state index in [4.69, 9.17) is 16.6 Å². The zero-order valence-electron chi connectivity index (χ0n) is 11.9. The molecule has 3 heteroatoms. The molecule has 0 aliphatic rings. The van der Waals surface area contributed by atoms with Gasteiger partial charge < -0.3 is 5.32 Å². The third-order valence-corrected chi connectivity index (χ3v) is 3.70. The number of halogens is 1. The van der Waals surface area contributed by atoms with Crippen LogP contribution in [0, 0.1) is 6.92 Å². The molecule has 0 saturated heterocycles. The van der Waals surface area contributed by atoms with Crippen molar-refractivity contribution < 1.29 is 0 Å². The molecule has 1 N–H and O–H groups in total. The molecule has 3 aromatic rings. The fraction of sp³-hybridized carbons (Fsp3) is 0.167. The summed E-state index contributed by atoms with van der Waals surface area (Å²) >= 11 is 5.76. The van der Waals surface area contributed by atoms with Gasteiger partial charge in [0.25, 0.3) is 0 Å². The number of pyridine rings is 1. The van der Waals surface area contributed by atoms with Gasteiger partial charge in [0.15, 0.2) is 0 Å². The predicted molar refractivity (Wildman–Crippen MR) is 90.6 cm³/mol. The molecule has 0 aliphatic heterocycles. The Morgan fingerprint density at radius 1 is 1.05 bits per heavy atom. The van der Waals surface area contributed by atoms with Gasteiger partial charge in [0, 0.05) is 17.0 Å².